The Morgan fingerprint density at radius 2 is 1.10 bits per heavy atom. The van der Waals surface area contributed by atoms with Crippen LogP contribution in [0.4, 0.5) is 0 Å². The molecule has 16 heteroatoms. The van der Waals surface area contributed by atoms with E-state index in [1.54, 1.807) is 24.3 Å². The van der Waals surface area contributed by atoms with Crippen LogP contribution in [0.15, 0.2) is 48.5 Å². The number of hydroxylamine groups is 2. The molecule has 2 aromatic carbocycles. The first-order valence-electron chi connectivity index (χ1n) is 16.6. The quantitative estimate of drug-likeness (QED) is 0.0645. The topological polar surface area (TPSA) is 270 Å². The van der Waals surface area contributed by atoms with Gasteiger partial charge in [-0.25, -0.2) is 4.79 Å². The number of unbranched alkanes of at least 4 members (excludes halogenated alkanes) is 2. The fourth-order valence-electron chi connectivity index (χ4n) is 5.19. The minimum atomic E-state index is -1.30. The highest BCUT2D eigenvalue weighted by molar-refractivity contribution is 6.02. The number of nitrogens with two attached hydrogens (primary N) is 3. The molecule has 0 unspecified atom stereocenters. The smallest absolute Gasteiger partial charge is 0.355 e. The molecule has 0 spiro atoms. The van der Waals surface area contributed by atoms with Gasteiger partial charge < -0.3 is 48.2 Å². The van der Waals surface area contributed by atoms with Crippen molar-refractivity contribution in [2.45, 2.75) is 88.4 Å². The standard InChI is InChI=1S/C34H47N7O9/c35-17-3-1-5-26(38-31(46)25(37)19-21-7-11-23(42)12-8-21)32(47)40-28(20-22-9-13-24(43)14-10-22)33(48)39-27(6-2-4-18-36)34(49)50-41-29(44)15-16-30(41)45/h7-14,25-28,42-43H,1-6,15-20,35-37H2,(H,38,46)(H,39,48)(H,40,47)/t25-,26-,27-,28-/m0/s1. The van der Waals surface area contributed by atoms with Gasteiger partial charge in [-0.05, 0) is 93.4 Å². The summed E-state index contributed by atoms with van der Waals surface area (Å²) in [6.45, 7) is 0.666. The number of hydrogen-bond acceptors (Lipinski definition) is 12. The molecule has 50 heavy (non-hydrogen) atoms. The molecule has 0 aliphatic carbocycles. The van der Waals surface area contributed by atoms with Crippen LogP contribution in [0.3, 0.4) is 0 Å². The number of carbonyl (C=O) groups excluding carboxylic acids is 6. The molecular formula is C34H47N7O9. The third kappa shape index (κ3) is 12.4. The Bertz CT molecular complexity index is 1450. The fraction of sp³-hybridized carbons (Fsp3) is 0.471. The van der Waals surface area contributed by atoms with E-state index in [2.05, 4.69) is 16.0 Å². The molecule has 272 valence electrons. The van der Waals surface area contributed by atoms with Gasteiger partial charge in [0.05, 0.1) is 6.04 Å². The average Bonchev–Trinajstić information content (AvgIpc) is 3.41. The number of benzene rings is 2. The first kappa shape index (κ1) is 39.4. The normalized spacial score (nSPS) is 15.1. The van der Waals surface area contributed by atoms with Gasteiger partial charge in [0.25, 0.3) is 11.8 Å². The van der Waals surface area contributed by atoms with E-state index in [1.807, 2.05) is 0 Å². The van der Waals surface area contributed by atoms with Gasteiger partial charge in [0.15, 0.2) is 0 Å². The number of nitrogens with zero attached hydrogens (tertiary/aromatic N) is 1. The Balaban J connectivity index is 1.81. The van der Waals surface area contributed by atoms with Gasteiger partial charge in [-0.2, -0.15) is 0 Å². The van der Waals surface area contributed by atoms with Gasteiger partial charge >= 0.3 is 5.97 Å². The predicted molar refractivity (Wildman–Crippen MR) is 180 cm³/mol. The van der Waals surface area contributed by atoms with Crippen molar-refractivity contribution in [2.24, 2.45) is 17.2 Å². The van der Waals surface area contributed by atoms with Crippen LogP contribution in [-0.4, -0.2) is 88.0 Å². The van der Waals surface area contributed by atoms with Gasteiger partial charge in [-0.1, -0.05) is 24.3 Å². The Hall–Kier alpha value is -5.06. The Labute approximate surface area is 290 Å². The van der Waals surface area contributed by atoms with Crippen molar-refractivity contribution < 1.29 is 43.8 Å². The Morgan fingerprint density at radius 3 is 1.62 bits per heavy atom. The summed E-state index contributed by atoms with van der Waals surface area (Å²) in [5.74, 6) is -4.44. The predicted octanol–water partition coefficient (Wildman–Crippen LogP) is -0.470. The highest BCUT2D eigenvalue weighted by Crippen LogP contribution is 2.16. The minimum absolute atomic E-state index is 0.0150. The van der Waals surface area contributed by atoms with Crippen LogP contribution in [0.25, 0.3) is 0 Å². The van der Waals surface area contributed by atoms with E-state index in [-0.39, 0.29) is 50.0 Å². The molecule has 0 bridgehead atoms. The lowest BCUT2D eigenvalue weighted by Crippen LogP contribution is -2.58. The molecular weight excluding hydrogens is 650 g/mol. The summed E-state index contributed by atoms with van der Waals surface area (Å²) < 4.78 is 0. The van der Waals surface area contributed by atoms with E-state index in [0.29, 0.717) is 55.0 Å². The second-order valence-corrected chi connectivity index (χ2v) is 12.1. The van der Waals surface area contributed by atoms with Gasteiger partial charge in [0.2, 0.25) is 17.7 Å². The number of amides is 5. The number of phenols is 2. The van der Waals surface area contributed by atoms with Crippen molar-refractivity contribution in [3.05, 3.63) is 59.7 Å². The summed E-state index contributed by atoms with van der Waals surface area (Å²) in [5, 5.41) is 27.6. The van der Waals surface area contributed by atoms with Crippen molar-refractivity contribution in [1.82, 2.24) is 21.0 Å². The molecule has 5 amide bonds. The summed E-state index contributed by atoms with van der Waals surface area (Å²) in [5.41, 5.74) is 18.7. The second kappa shape index (κ2) is 19.8. The van der Waals surface area contributed by atoms with Gasteiger partial charge in [0.1, 0.15) is 29.6 Å². The summed E-state index contributed by atoms with van der Waals surface area (Å²) in [6.07, 6.45) is 2.02. The molecule has 0 radical (unpaired) electrons. The van der Waals surface area contributed by atoms with Crippen LogP contribution in [0.1, 0.15) is 62.5 Å². The number of imide groups is 1. The Kier molecular flexibility index (Phi) is 15.6. The van der Waals surface area contributed by atoms with Gasteiger partial charge in [0, 0.05) is 19.3 Å². The van der Waals surface area contributed by atoms with E-state index >= 15 is 0 Å². The fourth-order valence-corrected chi connectivity index (χ4v) is 5.19. The number of carbonyl (C=O) groups is 6. The number of rotatable bonds is 20. The third-order valence-corrected chi connectivity index (χ3v) is 8.05. The molecule has 1 aliphatic heterocycles. The van der Waals surface area contributed by atoms with E-state index in [0.717, 1.165) is 0 Å². The average molecular weight is 698 g/mol. The largest absolute Gasteiger partial charge is 0.508 e. The SMILES string of the molecule is NCCCC[C@H](NC(=O)[C@@H](N)Cc1ccc(O)cc1)C(=O)N[C@@H](Cc1ccc(O)cc1)C(=O)N[C@@H](CCCCN)C(=O)ON1C(=O)CCC1=O. The van der Waals surface area contributed by atoms with Gasteiger partial charge in [-0.15, -0.1) is 5.06 Å². The van der Waals surface area contributed by atoms with Gasteiger partial charge in [-0.3, -0.25) is 24.0 Å². The monoisotopic (exact) mass is 697 g/mol. The van der Waals surface area contributed by atoms with E-state index in [4.69, 9.17) is 22.0 Å². The van der Waals surface area contributed by atoms with Crippen LogP contribution in [0.2, 0.25) is 0 Å². The number of hydrogen-bond donors (Lipinski definition) is 8. The minimum Gasteiger partial charge on any atom is -0.508 e. The van der Waals surface area contributed by atoms with Crippen molar-refractivity contribution in [3.8, 4) is 11.5 Å². The molecule has 0 aromatic heterocycles. The molecule has 3 rings (SSSR count). The zero-order valence-electron chi connectivity index (χ0n) is 27.8. The van der Waals surface area contributed by atoms with Crippen LogP contribution in [0, 0.1) is 0 Å². The maximum absolute atomic E-state index is 13.8. The summed E-state index contributed by atoms with van der Waals surface area (Å²) in [4.78, 5) is 83.0. The van der Waals surface area contributed by atoms with E-state index < -0.39 is 59.7 Å². The van der Waals surface area contributed by atoms with Crippen LogP contribution < -0.4 is 33.2 Å². The molecule has 4 atom stereocenters. The highest BCUT2D eigenvalue weighted by atomic mass is 16.7. The van der Waals surface area contributed by atoms with E-state index in [9.17, 15) is 39.0 Å². The first-order chi connectivity index (χ1) is 23.9. The molecule has 1 saturated heterocycles. The third-order valence-electron chi connectivity index (χ3n) is 8.05. The first-order valence-corrected chi connectivity index (χ1v) is 16.6. The van der Waals surface area contributed by atoms with Crippen molar-refractivity contribution in [3.63, 3.8) is 0 Å². The maximum Gasteiger partial charge on any atom is 0.355 e. The molecule has 2 aromatic rings. The lowest BCUT2D eigenvalue weighted by Gasteiger charge is -2.26. The maximum atomic E-state index is 13.8. The van der Waals surface area contributed by atoms with E-state index in [1.165, 1.54) is 24.3 Å². The summed E-state index contributed by atoms with van der Waals surface area (Å²) in [7, 11) is 0. The van der Waals surface area contributed by atoms with Crippen molar-refractivity contribution in [2.75, 3.05) is 13.1 Å². The molecule has 11 N–H and O–H groups in total. The summed E-state index contributed by atoms with van der Waals surface area (Å²) >= 11 is 0. The summed E-state index contributed by atoms with van der Waals surface area (Å²) in [6, 6.07) is 7.40. The molecule has 0 saturated carbocycles. The molecule has 16 nitrogen and oxygen atoms in total. The zero-order valence-corrected chi connectivity index (χ0v) is 27.8. The zero-order chi connectivity index (χ0) is 36.6. The number of nitrogens with one attached hydrogen (secondary N) is 3. The lowest BCUT2D eigenvalue weighted by atomic mass is 10.0. The van der Waals surface area contributed by atoms with Crippen molar-refractivity contribution in [1.29, 1.82) is 0 Å². The lowest BCUT2D eigenvalue weighted by molar-refractivity contribution is -0.199. The molecule has 1 aliphatic rings. The Morgan fingerprint density at radius 1 is 0.660 bits per heavy atom. The van der Waals surface area contributed by atoms with Crippen LogP contribution in [0.5, 0.6) is 11.5 Å². The van der Waals surface area contributed by atoms with Crippen LogP contribution >= 0.6 is 0 Å². The second-order valence-electron chi connectivity index (χ2n) is 12.1. The van der Waals surface area contributed by atoms with Crippen molar-refractivity contribution >= 4 is 35.5 Å². The molecule has 1 fully saturated rings. The molecule has 1 heterocycles. The number of aromatic hydroxyl groups is 2. The van der Waals surface area contributed by atoms with Crippen LogP contribution in [-0.2, 0) is 46.4 Å². The number of phenolic OH excluding ortho intramolecular Hbond substituents is 2. The highest BCUT2D eigenvalue weighted by Gasteiger charge is 2.36.